The second-order valence-corrected chi connectivity index (χ2v) is 9.83. The molecule has 0 unspecified atom stereocenters. The van der Waals surface area contributed by atoms with E-state index in [4.69, 9.17) is 11.6 Å². The van der Waals surface area contributed by atoms with Crippen LogP contribution in [0.5, 0.6) is 0 Å². The van der Waals surface area contributed by atoms with Crippen LogP contribution in [0.4, 0.5) is 0 Å². The van der Waals surface area contributed by atoms with E-state index in [1.807, 2.05) is 52.0 Å². The minimum absolute atomic E-state index is 0.101. The van der Waals surface area contributed by atoms with Crippen LogP contribution in [0.1, 0.15) is 31.9 Å². The summed E-state index contributed by atoms with van der Waals surface area (Å²) in [5.74, 6) is -0.353. The Morgan fingerprint density at radius 3 is 2.22 bits per heavy atom. The zero-order valence-corrected chi connectivity index (χ0v) is 17.6. The third-order valence-corrected chi connectivity index (χ3v) is 5.95. The number of hydrogen-bond acceptors (Lipinski definition) is 3. The molecular weight excluding hydrogens is 384 g/mol. The molecule has 27 heavy (non-hydrogen) atoms. The molecule has 146 valence electrons. The molecule has 0 aliphatic carbocycles. The van der Waals surface area contributed by atoms with E-state index in [1.54, 1.807) is 0 Å². The van der Waals surface area contributed by atoms with Gasteiger partial charge in [0.1, 0.15) is 0 Å². The molecule has 5 nitrogen and oxygen atoms in total. The van der Waals surface area contributed by atoms with Crippen LogP contribution in [-0.2, 0) is 21.4 Å². The molecule has 0 heterocycles. The van der Waals surface area contributed by atoms with Gasteiger partial charge in [-0.25, -0.2) is 8.42 Å². The number of amides is 1. The maximum atomic E-state index is 13.2. The van der Waals surface area contributed by atoms with E-state index >= 15 is 0 Å². The summed E-state index contributed by atoms with van der Waals surface area (Å²) in [4.78, 5) is 12.5. The van der Waals surface area contributed by atoms with Crippen molar-refractivity contribution >= 4 is 27.5 Å². The summed E-state index contributed by atoms with van der Waals surface area (Å²) in [5, 5.41) is 3.27. The van der Waals surface area contributed by atoms with E-state index in [1.165, 1.54) is 28.6 Å². The van der Waals surface area contributed by atoms with Gasteiger partial charge in [0, 0.05) is 17.1 Å². The zero-order valence-electron chi connectivity index (χ0n) is 16.0. The van der Waals surface area contributed by atoms with Crippen LogP contribution in [0.25, 0.3) is 0 Å². The lowest BCUT2D eigenvalue weighted by atomic mass is 10.1. The smallest absolute Gasteiger partial charge is 0.243 e. The van der Waals surface area contributed by atoms with Crippen molar-refractivity contribution in [1.82, 2.24) is 9.62 Å². The van der Waals surface area contributed by atoms with Crippen LogP contribution < -0.4 is 5.32 Å². The lowest BCUT2D eigenvalue weighted by Gasteiger charge is -2.26. The van der Waals surface area contributed by atoms with E-state index in [0.29, 0.717) is 5.02 Å². The highest BCUT2D eigenvalue weighted by atomic mass is 35.5. The number of nitrogens with zero attached hydrogens (tertiary/aromatic N) is 1. The van der Waals surface area contributed by atoms with Crippen LogP contribution in [0.2, 0.25) is 5.02 Å². The molecule has 0 saturated heterocycles. The van der Waals surface area contributed by atoms with E-state index in [-0.39, 0.29) is 23.9 Å². The molecule has 0 spiro atoms. The van der Waals surface area contributed by atoms with Gasteiger partial charge in [0.2, 0.25) is 15.9 Å². The monoisotopic (exact) mass is 408 g/mol. The molecule has 0 bridgehead atoms. The van der Waals surface area contributed by atoms with Gasteiger partial charge < -0.3 is 5.32 Å². The van der Waals surface area contributed by atoms with Crippen molar-refractivity contribution in [2.75, 3.05) is 6.54 Å². The van der Waals surface area contributed by atoms with Crippen LogP contribution in [-0.4, -0.2) is 30.7 Å². The highest BCUT2D eigenvalue weighted by molar-refractivity contribution is 7.89. The fourth-order valence-electron chi connectivity index (χ4n) is 2.58. The van der Waals surface area contributed by atoms with Crippen molar-refractivity contribution in [3.63, 3.8) is 0 Å². The molecule has 0 aliphatic rings. The van der Waals surface area contributed by atoms with E-state index in [9.17, 15) is 13.2 Å². The summed E-state index contributed by atoms with van der Waals surface area (Å²) >= 11 is 5.88. The van der Waals surface area contributed by atoms with Crippen molar-refractivity contribution in [2.24, 2.45) is 0 Å². The Bertz CT molecular complexity index is 904. The largest absolute Gasteiger partial charge is 0.350 e. The molecule has 2 aromatic rings. The number of halogens is 1. The first-order valence-corrected chi connectivity index (χ1v) is 10.4. The lowest BCUT2D eigenvalue weighted by Crippen LogP contribution is -2.47. The fraction of sp³-hybridized carbons (Fsp3) is 0.350. The van der Waals surface area contributed by atoms with Crippen LogP contribution in [0.3, 0.4) is 0 Å². The number of carbonyl (C=O) groups excluding carboxylic acids is 1. The zero-order chi connectivity index (χ0) is 20.2. The Morgan fingerprint density at radius 2 is 1.67 bits per heavy atom. The van der Waals surface area contributed by atoms with Gasteiger partial charge in [-0.1, -0.05) is 35.9 Å². The molecule has 0 fully saturated rings. The maximum absolute atomic E-state index is 13.2. The molecule has 2 rings (SSSR count). The second-order valence-electron chi connectivity index (χ2n) is 7.45. The molecule has 0 saturated carbocycles. The first-order valence-electron chi connectivity index (χ1n) is 8.60. The Labute approximate surface area is 166 Å². The van der Waals surface area contributed by atoms with Crippen molar-refractivity contribution in [3.8, 4) is 0 Å². The molecule has 0 aliphatic heterocycles. The van der Waals surface area contributed by atoms with Gasteiger partial charge in [-0.05, 0) is 63.1 Å². The minimum Gasteiger partial charge on any atom is -0.350 e. The highest BCUT2D eigenvalue weighted by Gasteiger charge is 2.28. The third-order valence-electron chi connectivity index (χ3n) is 3.89. The number of aryl methyl sites for hydroxylation is 1. The van der Waals surface area contributed by atoms with Gasteiger partial charge in [0.15, 0.2) is 0 Å². The van der Waals surface area contributed by atoms with Gasteiger partial charge in [-0.3, -0.25) is 4.79 Å². The van der Waals surface area contributed by atoms with Gasteiger partial charge in [0.05, 0.1) is 11.4 Å². The molecule has 7 heteroatoms. The highest BCUT2D eigenvalue weighted by Crippen LogP contribution is 2.21. The van der Waals surface area contributed by atoms with Crippen LogP contribution >= 0.6 is 11.6 Å². The SMILES string of the molecule is Cc1ccccc1CN(CC(=O)NC(C)(C)C)S(=O)(=O)c1ccc(Cl)cc1. The van der Waals surface area contributed by atoms with Crippen molar-refractivity contribution in [2.45, 2.75) is 44.7 Å². The summed E-state index contributed by atoms with van der Waals surface area (Å²) < 4.78 is 27.5. The number of nitrogens with one attached hydrogen (secondary N) is 1. The first-order chi connectivity index (χ1) is 12.5. The molecule has 1 N–H and O–H groups in total. The summed E-state index contributed by atoms with van der Waals surface area (Å²) in [6, 6.07) is 13.5. The van der Waals surface area contributed by atoms with Gasteiger partial charge in [-0.2, -0.15) is 4.31 Å². The lowest BCUT2D eigenvalue weighted by molar-refractivity contribution is -0.122. The fourth-order valence-corrected chi connectivity index (χ4v) is 4.08. The van der Waals surface area contributed by atoms with Crippen molar-refractivity contribution < 1.29 is 13.2 Å². The Balaban J connectivity index is 2.37. The Hall–Kier alpha value is -1.89. The number of rotatable bonds is 6. The summed E-state index contributed by atoms with van der Waals surface area (Å²) in [6.45, 7) is 7.31. The first kappa shape index (κ1) is 21.4. The number of sulfonamides is 1. The summed E-state index contributed by atoms with van der Waals surface area (Å²) in [5.41, 5.74) is 1.36. The van der Waals surface area contributed by atoms with Crippen LogP contribution in [0.15, 0.2) is 53.4 Å². The summed E-state index contributed by atoms with van der Waals surface area (Å²) in [6.07, 6.45) is 0. The number of benzene rings is 2. The van der Waals surface area contributed by atoms with Gasteiger partial charge in [-0.15, -0.1) is 0 Å². The molecule has 0 radical (unpaired) electrons. The number of hydrogen-bond donors (Lipinski definition) is 1. The predicted molar refractivity (Wildman–Crippen MR) is 108 cm³/mol. The van der Waals surface area contributed by atoms with E-state index in [0.717, 1.165) is 11.1 Å². The molecule has 2 aromatic carbocycles. The normalized spacial score (nSPS) is 12.2. The van der Waals surface area contributed by atoms with Crippen molar-refractivity contribution in [3.05, 3.63) is 64.7 Å². The van der Waals surface area contributed by atoms with E-state index < -0.39 is 15.6 Å². The molecule has 1 amide bonds. The minimum atomic E-state index is -3.87. The van der Waals surface area contributed by atoms with Gasteiger partial charge >= 0.3 is 0 Å². The van der Waals surface area contributed by atoms with Crippen molar-refractivity contribution in [1.29, 1.82) is 0 Å². The van der Waals surface area contributed by atoms with Crippen LogP contribution in [0, 0.1) is 6.92 Å². The maximum Gasteiger partial charge on any atom is 0.243 e. The third kappa shape index (κ3) is 6.06. The quantitative estimate of drug-likeness (QED) is 0.791. The average molecular weight is 409 g/mol. The second kappa shape index (κ2) is 8.42. The molecule has 0 aromatic heterocycles. The van der Waals surface area contributed by atoms with E-state index in [2.05, 4.69) is 5.32 Å². The van der Waals surface area contributed by atoms with Gasteiger partial charge in [0.25, 0.3) is 0 Å². The Kier molecular flexibility index (Phi) is 6.68. The topological polar surface area (TPSA) is 66.5 Å². The molecular formula is C20H25ClN2O3S. The standard InChI is InChI=1S/C20H25ClN2O3S/c1-15-7-5-6-8-16(15)13-23(14-19(24)22-20(2,3)4)27(25,26)18-11-9-17(21)10-12-18/h5-12H,13-14H2,1-4H3,(H,22,24). The predicted octanol–water partition coefficient (Wildman–Crippen LogP) is 3.75. The summed E-state index contributed by atoms with van der Waals surface area (Å²) in [7, 11) is -3.87. The molecule has 0 atom stereocenters. The number of carbonyl (C=O) groups is 1. The Morgan fingerprint density at radius 1 is 1.07 bits per heavy atom. The average Bonchev–Trinajstić information content (AvgIpc) is 2.55.